The second-order valence-corrected chi connectivity index (χ2v) is 6.10. The summed E-state index contributed by atoms with van der Waals surface area (Å²) in [5.41, 5.74) is 5.64. The average molecular weight is 256 g/mol. The largest absolute Gasteiger partial charge is 0.378 e. The van der Waals surface area contributed by atoms with Crippen LogP contribution in [-0.4, -0.2) is 31.7 Å². The Morgan fingerprint density at radius 2 is 2.11 bits per heavy atom. The monoisotopic (exact) mass is 256 g/mol. The molecule has 0 heterocycles. The molecule has 0 spiro atoms. The van der Waals surface area contributed by atoms with Gasteiger partial charge in [-0.1, -0.05) is 13.8 Å². The second-order valence-electron chi connectivity index (χ2n) is 6.10. The maximum absolute atomic E-state index is 11.8. The van der Waals surface area contributed by atoms with Crippen LogP contribution >= 0.6 is 0 Å². The quantitative estimate of drug-likeness (QED) is 0.694. The lowest BCUT2D eigenvalue weighted by molar-refractivity contribution is -0.124. The van der Waals surface area contributed by atoms with Crippen molar-refractivity contribution in [3.05, 3.63) is 0 Å². The molecule has 0 bridgehead atoms. The van der Waals surface area contributed by atoms with E-state index in [1.807, 2.05) is 6.92 Å². The zero-order chi connectivity index (χ0) is 13.6. The van der Waals surface area contributed by atoms with E-state index in [2.05, 4.69) is 19.2 Å². The summed E-state index contributed by atoms with van der Waals surface area (Å²) in [4.78, 5) is 11.8. The molecule has 106 valence electrons. The smallest absolute Gasteiger partial charge is 0.220 e. The molecule has 4 nitrogen and oxygen atoms in total. The Morgan fingerprint density at radius 3 is 2.67 bits per heavy atom. The van der Waals surface area contributed by atoms with E-state index in [-0.39, 0.29) is 11.3 Å². The average Bonchev–Trinajstić information content (AvgIpc) is 2.24. The minimum Gasteiger partial charge on any atom is -0.378 e. The molecule has 1 amide bonds. The van der Waals surface area contributed by atoms with E-state index < -0.39 is 0 Å². The summed E-state index contributed by atoms with van der Waals surface area (Å²) in [6.45, 7) is 8.44. The third-order valence-corrected chi connectivity index (χ3v) is 3.65. The summed E-state index contributed by atoms with van der Waals surface area (Å²) in [5, 5.41) is 3.02. The van der Waals surface area contributed by atoms with Crippen molar-refractivity contribution in [1.82, 2.24) is 5.32 Å². The van der Waals surface area contributed by atoms with Crippen molar-refractivity contribution in [1.29, 1.82) is 0 Å². The van der Waals surface area contributed by atoms with Crippen molar-refractivity contribution in [2.24, 2.45) is 17.1 Å². The molecule has 0 unspecified atom stereocenters. The van der Waals surface area contributed by atoms with Gasteiger partial charge in [0.1, 0.15) is 0 Å². The topological polar surface area (TPSA) is 64.3 Å². The molecule has 0 aliphatic heterocycles. The van der Waals surface area contributed by atoms with E-state index in [0.717, 1.165) is 25.9 Å². The van der Waals surface area contributed by atoms with Crippen LogP contribution in [0.3, 0.4) is 0 Å². The summed E-state index contributed by atoms with van der Waals surface area (Å²) < 4.78 is 5.49. The van der Waals surface area contributed by atoms with Crippen LogP contribution in [0.1, 0.15) is 46.5 Å². The molecule has 0 atom stereocenters. The van der Waals surface area contributed by atoms with Gasteiger partial charge in [-0.05, 0) is 44.1 Å². The first-order valence-corrected chi connectivity index (χ1v) is 7.05. The van der Waals surface area contributed by atoms with E-state index in [0.29, 0.717) is 31.5 Å². The number of rotatable bonds is 8. The van der Waals surface area contributed by atoms with Gasteiger partial charge in [0.15, 0.2) is 0 Å². The number of nitrogens with one attached hydrogen (secondary N) is 1. The highest BCUT2D eigenvalue weighted by Crippen LogP contribution is 2.32. The molecule has 0 aromatic rings. The van der Waals surface area contributed by atoms with Crippen LogP contribution in [0.15, 0.2) is 0 Å². The molecule has 1 rings (SSSR count). The number of amides is 1. The summed E-state index contributed by atoms with van der Waals surface area (Å²) in [7, 11) is 0. The molecule has 0 aromatic carbocycles. The first-order valence-electron chi connectivity index (χ1n) is 7.05. The maximum Gasteiger partial charge on any atom is 0.220 e. The van der Waals surface area contributed by atoms with Crippen LogP contribution < -0.4 is 11.1 Å². The minimum absolute atomic E-state index is 0.0951. The molecule has 4 heteroatoms. The molecule has 1 fully saturated rings. The fraction of sp³-hybridized carbons (Fsp3) is 0.929. The van der Waals surface area contributed by atoms with Crippen molar-refractivity contribution in [3.63, 3.8) is 0 Å². The van der Waals surface area contributed by atoms with Gasteiger partial charge >= 0.3 is 0 Å². The molecule has 1 aliphatic carbocycles. The molecule has 1 aliphatic rings. The SMILES string of the molecule is CCOC1CC(CC(=O)NCC(C)(C)CCN)C1. The molecule has 0 aromatic heterocycles. The third-order valence-electron chi connectivity index (χ3n) is 3.65. The normalized spacial score (nSPS) is 23.6. The van der Waals surface area contributed by atoms with Crippen LogP contribution in [0.5, 0.6) is 0 Å². The van der Waals surface area contributed by atoms with E-state index >= 15 is 0 Å². The standard InChI is InChI=1S/C14H28N2O2/c1-4-18-12-7-11(8-12)9-13(17)16-10-14(2,3)5-6-15/h11-12H,4-10,15H2,1-3H3,(H,16,17). The zero-order valence-electron chi connectivity index (χ0n) is 12.0. The Morgan fingerprint density at radius 1 is 1.44 bits per heavy atom. The van der Waals surface area contributed by atoms with Crippen molar-refractivity contribution in [3.8, 4) is 0 Å². The minimum atomic E-state index is 0.0951. The first kappa shape index (κ1) is 15.4. The summed E-state index contributed by atoms with van der Waals surface area (Å²) in [6.07, 6.45) is 4.04. The Bertz CT molecular complexity index is 261. The molecule has 0 saturated heterocycles. The van der Waals surface area contributed by atoms with Crippen LogP contribution in [-0.2, 0) is 9.53 Å². The van der Waals surface area contributed by atoms with Gasteiger partial charge in [-0.3, -0.25) is 4.79 Å². The Hall–Kier alpha value is -0.610. The van der Waals surface area contributed by atoms with Crippen molar-refractivity contribution in [2.45, 2.75) is 52.6 Å². The van der Waals surface area contributed by atoms with E-state index in [1.165, 1.54) is 0 Å². The van der Waals surface area contributed by atoms with Gasteiger partial charge in [-0.2, -0.15) is 0 Å². The summed E-state index contributed by atoms with van der Waals surface area (Å²) >= 11 is 0. The Balaban J connectivity index is 2.12. The van der Waals surface area contributed by atoms with Crippen LogP contribution in [0.25, 0.3) is 0 Å². The Labute approximate surface area is 111 Å². The van der Waals surface area contributed by atoms with Crippen LogP contribution in [0.2, 0.25) is 0 Å². The predicted octanol–water partition coefficient (Wildman–Crippen LogP) is 1.68. The number of carbonyl (C=O) groups is 1. The fourth-order valence-corrected chi connectivity index (χ4v) is 2.36. The highest BCUT2D eigenvalue weighted by atomic mass is 16.5. The van der Waals surface area contributed by atoms with Crippen molar-refractivity contribution < 1.29 is 9.53 Å². The van der Waals surface area contributed by atoms with E-state index in [4.69, 9.17) is 10.5 Å². The van der Waals surface area contributed by atoms with Gasteiger partial charge in [0.25, 0.3) is 0 Å². The van der Waals surface area contributed by atoms with Crippen LogP contribution in [0, 0.1) is 11.3 Å². The lowest BCUT2D eigenvalue weighted by atomic mass is 9.79. The Kier molecular flexibility index (Phi) is 6.09. The van der Waals surface area contributed by atoms with Gasteiger partial charge in [-0.25, -0.2) is 0 Å². The number of hydrogen-bond donors (Lipinski definition) is 2. The maximum atomic E-state index is 11.8. The van der Waals surface area contributed by atoms with Gasteiger partial charge in [-0.15, -0.1) is 0 Å². The van der Waals surface area contributed by atoms with Crippen LogP contribution in [0.4, 0.5) is 0 Å². The fourth-order valence-electron chi connectivity index (χ4n) is 2.36. The van der Waals surface area contributed by atoms with Crippen molar-refractivity contribution in [2.75, 3.05) is 19.7 Å². The highest BCUT2D eigenvalue weighted by molar-refractivity contribution is 5.76. The summed E-state index contributed by atoms with van der Waals surface area (Å²) in [6, 6.07) is 0. The predicted molar refractivity (Wildman–Crippen MR) is 73.2 cm³/mol. The second kappa shape index (κ2) is 7.10. The third kappa shape index (κ3) is 5.36. The first-order chi connectivity index (χ1) is 8.46. The van der Waals surface area contributed by atoms with Gasteiger partial charge in [0, 0.05) is 19.6 Å². The molecular formula is C14H28N2O2. The number of carbonyl (C=O) groups excluding carboxylic acids is 1. The zero-order valence-corrected chi connectivity index (χ0v) is 12.0. The molecule has 0 radical (unpaired) electrons. The summed E-state index contributed by atoms with van der Waals surface area (Å²) in [5.74, 6) is 0.680. The highest BCUT2D eigenvalue weighted by Gasteiger charge is 2.31. The lowest BCUT2D eigenvalue weighted by Crippen LogP contribution is -2.39. The van der Waals surface area contributed by atoms with Crippen molar-refractivity contribution >= 4 is 5.91 Å². The number of ether oxygens (including phenoxy) is 1. The molecular weight excluding hydrogens is 228 g/mol. The van der Waals surface area contributed by atoms with Gasteiger partial charge in [0.2, 0.25) is 5.91 Å². The molecule has 1 saturated carbocycles. The van der Waals surface area contributed by atoms with Gasteiger partial charge < -0.3 is 15.8 Å². The van der Waals surface area contributed by atoms with E-state index in [9.17, 15) is 4.79 Å². The lowest BCUT2D eigenvalue weighted by Gasteiger charge is -2.34. The van der Waals surface area contributed by atoms with E-state index in [1.54, 1.807) is 0 Å². The molecule has 3 N–H and O–H groups in total. The number of nitrogens with two attached hydrogens (primary N) is 1. The number of hydrogen-bond acceptors (Lipinski definition) is 3. The molecule has 18 heavy (non-hydrogen) atoms. The van der Waals surface area contributed by atoms with Gasteiger partial charge in [0.05, 0.1) is 6.10 Å².